The van der Waals surface area contributed by atoms with Gasteiger partial charge in [0.2, 0.25) is 0 Å². The minimum Gasteiger partial charge on any atom is -0.494 e. The summed E-state index contributed by atoms with van der Waals surface area (Å²) in [7, 11) is 0. The molecular weight excluding hydrogens is 371 g/mol. The second-order valence-corrected chi connectivity index (χ2v) is 7.99. The maximum atomic E-state index is 13.0. The van der Waals surface area contributed by atoms with E-state index in [0.29, 0.717) is 37.1 Å². The van der Waals surface area contributed by atoms with E-state index in [1.807, 2.05) is 17.0 Å². The minimum atomic E-state index is -0.253. The Bertz CT molecular complexity index is 805. The molecule has 6 heteroatoms. The summed E-state index contributed by atoms with van der Waals surface area (Å²) in [6, 6.07) is 11.6. The van der Waals surface area contributed by atoms with Crippen LogP contribution in [0.25, 0.3) is 0 Å². The summed E-state index contributed by atoms with van der Waals surface area (Å²) in [6.07, 6.45) is 6.37. The number of hydrogen-bond donors (Lipinski definition) is 0. The molecule has 1 unspecified atom stereocenters. The van der Waals surface area contributed by atoms with Gasteiger partial charge in [0.25, 0.3) is 5.91 Å². The van der Waals surface area contributed by atoms with Crippen molar-refractivity contribution in [2.75, 3.05) is 26.3 Å². The zero-order valence-electron chi connectivity index (χ0n) is 16.6. The van der Waals surface area contributed by atoms with Gasteiger partial charge in [-0.25, -0.2) is 4.39 Å². The van der Waals surface area contributed by atoms with E-state index in [1.165, 1.54) is 12.1 Å². The average molecular weight is 398 g/mol. The molecule has 3 heterocycles. The number of aromatic nitrogens is 1. The second-order valence-electron chi connectivity index (χ2n) is 7.99. The van der Waals surface area contributed by atoms with Gasteiger partial charge in [0.15, 0.2) is 0 Å². The van der Waals surface area contributed by atoms with Crippen LogP contribution < -0.4 is 4.74 Å². The van der Waals surface area contributed by atoms with Crippen LogP contribution in [0.3, 0.4) is 0 Å². The zero-order valence-corrected chi connectivity index (χ0v) is 16.6. The average Bonchev–Trinajstić information content (AvgIpc) is 2.76. The Morgan fingerprint density at radius 2 is 2.00 bits per heavy atom. The molecule has 29 heavy (non-hydrogen) atoms. The van der Waals surface area contributed by atoms with Gasteiger partial charge in [-0.1, -0.05) is 6.07 Å². The fraction of sp³-hybridized carbons (Fsp3) is 0.478. The summed E-state index contributed by atoms with van der Waals surface area (Å²) < 4.78 is 25.0. The van der Waals surface area contributed by atoms with E-state index in [4.69, 9.17) is 9.47 Å². The van der Waals surface area contributed by atoms with E-state index in [-0.39, 0.29) is 17.3 Å². The summed E-state index contributed by atoms with van der Waals surface area (Å²) in [5.41, 5.74) is 0.378. The lowest BCUT2D eigenvalue weighted by atomic mass is 9.78. The molecule has 0 radical (unpaired) electrons. The van der Waals surface area contributed by atoms with E-state index < -0.39 is 0 Å². The Labute approximate surface area is 170 Å². The highest BCUT2D eigenvalue weighted by Crippen LogP contribution is 2.39. The Hall–Kier alpha value is -2.47. The first-order valence-electron chi connectivity index (χ1n) is 10.4. The third kappa shape index (κ3) is 4.93. The number of ether oxygens (including phenoxy) is 2. The first kappa shape index (κ1) is 19.8. The van der Waals surface area contributed by atoms with Gasteiger partial charge in [0.1, 0.15) is 17.3 Å². The van der Waals surface area contributed by atoms with Crippen molar-refractivity contribution >= 4 is 5.91 Å². The molecule has 0 aliphatic carbocycles. The van der Waals surface area contributed by atoms with Crippen LogP contribution in [0.5, 0.6) is 5.75 Å². The number of amides is 1. The van der Waals surface area contributed by atoms with Gasteiger partial charge >= 0.3 is 0 Å². The van der Waals surface area contributed by atoms with Crippen molar-refractivity contribution in [3.63, 3.8) is 0 Å². The SMILES string of the molecule is O=C(c1ccccn1)N1CCC2(CC1)CC(CCOc1ccc(F)cc1)CCO2. The number of rotatable bonds is 5. The normalized spacial score (nSPS) is 21.1. The Morgan fingerprint density at radius 1 is 1.21 bits per heavy atom. The molecule has 2 aromatic rings. The van der Waals surface area contributed by atoms with Crippen LogP contribution in [-0.2, 0) is 4.74 Å². The number of hydrogen-bond acceptors (Lipinski definition) is 4. The van der Waals surface area contributed by atoms with Gasteiger partial charge in [0.05, 0.1) is 12.2 Å². The quantitative estimate of drug-likeness (QED) is 0.761. The lowest BCUT2D eigenvalue weighted by Gasteiger charge is -2.46. The highest BCUT2D eigenvalue weighted by molar-refractivity contribution is 5.92. The van der Waals surface area contributed by atoms with Gasteiger partial charge in [-0.15, -0.1) is 0 Å². The number of carbonyl (C=O) groups is 1. The lowest BCUT2D eigenvalue weighted by Crippen LogP contribution is -2.51. The first-order chi connectivity index (χ1) is 14.1. The highest BCUT2D eigenvalue weighted by Gasteiger charge is 2.41. The number of nitrogens with zero attached hydrogens (tertiary/aromatic N) is 2. The van der Waals surface area contributed by atoms with Crippen molar-refractivity contribution in [3.05, 3.63) is 60.2 Å². The van der Waals surface area contributed by atoms with Crippen molar-refractivity contribution in [1.29, 1.82) is 0 Å². The van der Waals surface area contributed by atoms with E-state index in [0.717, 1.165) is 38.7 Å². The summed E-state index contributed by atoms with van der Waals surface area (Å²) in [6.45, 7) is 2.79. The van der Waals surface area contributed by atoms with Gasteiger partial charge < -0.3 is 14.4 Å². The monoisotopic (exact) mass is 398 g/mol. The van der Waals surface area contributed by atoms with Crippen LogP contribution >= 0.6 is 0 Å². The van der Waals surface area contributed by atoms with Crippen LogP contribution in [0.1, 0.15) is 42.6 Å². The molecule has 1 amide bonds. The molecule has 0 N–H and O–H groups in total. The second kappa shape index (κ2) is 8.91. The van der Waals surface area contributed by atoms with Crippen molar-refractivity contribution in [2.45, 2.75) is 37.7 Å². The number of pyridine rings is 1. The molecule has 1 aromatic carbocycles. The summed E-state index contributed by atoms with van der Waals surface area (Å²) in [5, 5.41) is 0. The largest absolute Gasteiger partial charge is 0.494 e. The van der Waals surface area contributed by atoms with Crippen molar-refractivity contribution < 1.29 is 18.7 Å². The number of piperidine rings is 1. The molecule has 1 atom stereocenters. The van der Waals surface area contributed by atoms with E-state index >= 15 is 0 Å². The molecular formula is C23H27FN2O3. The van der Waals surface area contributed by atoms with Crippen molar-refractivity contribution in [1.82, 2.24) is 9.88 Å². The third-order valence-corrected chi connectivity index (χ3v) is 6.05. The third-order valence-electron chi connectivity index (χ3n) is 6.05. The molecule has 154 valence electrons. The smallest absolute Gasteiger partial charge is 0.272 e. The standard InChI is InChI=1S/C23H27FN2O3/c24-19-4-6-20(7-5-19)28-15-8-18-9-16-29-23(17-18)10-13-26(14-11-23)22(27)21-3-1-2-12-25-21/h1-7,12,18H,8-11,13-17H2. The van der Waals surface area contributed by atoms with Gasteiger partial charge in [0, 0.05) is 25.9 Å². The van der Waals surface area contributed by atoms with Crippen LogP contribution in [0.15, 0.2) is 48.7 Å². The fourth-order valence-corrected chi connectivity index (χ4v) is 4.37. The molecule has 1 spiro atoms. The Balaban J connectivity index is 1.26. The van der Waals surface area contributed by atoms with Crippen molar-refractivity contribution in [2.24, 2.45) is 5.92 Å². The summed E-state index contributed by atoms with van der Waals surface area (Å²) >= 11 is 0. The van der Waals surface area contributed by atoms with E-state index in [2.05, 4.69) is 4.98 Å². The minimum absolute atomic E-state index is 0.000470. The van der Waals surface area contributed by atoms with Gasteiger partial charge in [-0.3, -0.25) is 9.78 Å². The molecule has 5 nitrogen and oxygen atoms in total. The van der Waals surface area contributed by atoms with Gasteiger partial charge in [-0.2, -0.15) is 0 Å². The number of halogens is 1. The molecule has 1 aromatic heterocycles. The summed E-state index contributed by atoms with van der Waals surface area (Å²) in [4.78, 5) is 18.7. The fourth-order valence-electron chi connectivity index (χ4n) is 4.37. The topological polar surface area (TPSA) is 51.7 Å². The Morgan fingerprint density at radius 3 is 2.72 bits per heavy atom. The lowest BCUT2D eigenvalue weighted by molar-refractivity contribution is -0.125. The molecule has 2 aliphatic rings. The van der Waals surface area contributed by atoms with Gasteiger partial charge in [-0.05, 0) is 74.4 Å². The summed E-state index contributed by atoms with van der Waals surface area (Å²) in [5.74, 6) is 0.994. The van der Waals surface area contributed by atoms with Crippen LogP contribution in [-0.4, -0.2) is 47.7 Å². The predicted octanol–water partition coefficient (Wildman–Crippen LogP) is 4.09. The zero-order chi connectivity index (χ0) is 20.1. The number of likely N-dealkylation sites (tertiary alicyclic amines) is 1. The van der Waals surface area contributed by atoms with Crippen molar-refractivity contribution in [3.8, 4) is 5.75 Å². The molecule has 0 bridgehead atoms. The molecule has 2 fully saturated rings. The first-order valence-corrected chi connectivity index (χ1v) is 10.4. The predicted molar refractivity (Wildman–Crippen MR) is 107 cm³/mol. The van der Waals surface area contributed by atoms with Crippen LogP contribution in [0, 0.1) is 11.7 Å². The number of benzene rings is 1. The van der Waals surface area contributed by atoms with E-state index in [1.54, 1.807) is 24.4 Å². The molecule has 0 saturated carbocycles. The molecule has 4 rings (SSSR count). The number of carbonyl (C=O) groups excluding carboxylic acids is 1. The Kier molecular flexibility index (Phi) is 6.09. The van der Waals surface area contributed by atoms with Crippen LogP contribution in [0.4, 0.5) is 4.39 Å². The molecule has 2 aliphatic heterocycles. The maximum absolute atomic E-state index is 13.0. The molecule has 2 saturated heterocycles. The maximum Gasteiger partial charge on any atom is 0.272 e. The van der Waals surface area contributed by atoms with Crippen LogP contribution in [0.2, 0.25) is 0 Å². The highest BCUT2D eigenvalue weighted by atomic mass is 19.1. The van der Waals surface area contributed by atoms with E-state index in [9.17, 15) is 9.18 Å².